The minimum Gasteiger partial charge on any atom is -0.466 e. The maximum atomic E-state index is 10.9. The summed E-state index contributed by atoms with van der Waals surface area (Å²) in [4.78, 5) is 0. The molecule has 5 N–H and O–H groups in total. The first-order valence-corrected chi connectivity index (χ1v) is 11.7. The summed E-state index contributed by atoms with van der Waals surface area (Å²) in [5.74, 6) is 2.61. The van der Waals surface area contributed by atoms with Crippen LogP contribution in [0.5, 0.6) is 0 Å². The number of aliphatic hydroxyl groups is 5. The smallest absolute Gasteiger partial charge is 0.140 e. The van der Waals surface area contributed by atoms with E-state index in [0.717, 1.165) is 17.9 Å². The Morgan fingerprint density at radius 2 is 1.79 bits per heavy atom. The van der Waals surface area contributed by atoms with Gasteiger partial charge >= 0.3 is 0 Å². The van der Waals surface area contributed by atoms with Crippen LogP contribution in [0.1, 0.15) is 75.1 Å². The molecule has 3 heterocycles. The van der Waals surface area contributed by atoms with Crippen molar-refractivity contribution in [2.45, 2.75) is 101 Å². The average Bonchev–Trinajstić information content (AvgIpc) is 3.45. The van der Waals surface area contributed by atoms with E-state index < -0.39 is 35.6 Å². The van der Waals surface area contributed by atoms with Gasteiger partial charge in [0, 0.05) is 32.3 Å². The van der Waals surface area contributed by atoms with Crippen molar-refractivity contribution >= 4 is 0 Å². The van der Waals surface area contributed by atoms with Crippen molar-refractivity contribution in [2.75, 3.05) is 6.61 Å². The summed E-state index contributed by atoms with van der Waals surface area (Å²) in [6.45, 7) is 5.30. The molecule has 0 bridgehead atoms. The third-order valence-electron chi connectivity index (χ3n) is 6.49. The summed E-state index contributed by atoms with van der Waals surface area (Å²) in [5, 5.41) is 52.0. The van der Waals surface area contributed by atoms with Crippen LogP contribution >= 0.6 is 0 Å². The fraction of sp³-hybridized carbons (Fsp3) is 0.680. The lowest BCUT2D eigenvalue weighted by Crippen LogP contribution is -2.42. The molecule has 0 aliphatic carbocycles. The molecule has 1 saturated heterocycles. The van der Waals surface area contributed by atoms with Crippen LogP contribution in [0.15, 0.2) is 33.1 Å². The van der Waals surface area contributed by atoms with Crippen LogP contribution in [0, 0.1) is 6.92 Å². The van der Waals surface area contributed by atoms with Gasteiger partial charge in [-0.3, -0.25) is 0 Å². The van der Waals surface area contributed by atoms with E-state index in [-0.39, 0.29) is 19.4 Å². The number of hydrogen-bond donors (Lipinski definition) is 5. The molecular formula is C25H38O8. The zero-order valence-corrected chi connectivity index (χ0v) is 19.7. The van der Waals surface area contributed by atoms with Gasteiger partial charge in [-0.1, -0.05) is 0 Å². The number of unbranched alkanes of at least 4 members (excludes halogenated alkanes) is 1. The molecule has 0 radical (unpaired) electrons. The molecular weight excluding hydrogens is 428 g/mol. The minimum absolute atomic E-state index is 0.0103. The summed E-state index contributed by atoms with van der Waals surface area (Å²) in [6, 6.07) is 7.20. The largest absolute Gasteiger partial charge is 0.466 e. The molecule has 3 rings (SSSR count). The van der Waals surface area contributed by atoms with E-state index in [4.69, 9.17) is 18.7 Å². The summed E-state index contributed by atoms with van der Waals surface area (Å²) in [6.07, 6.45) is -1.05. The second-order valence-electron chi connectivity index (χ2n) is 9.83. The van der Waals surface area contributed by atoms with Gasteiger partial charge in [-0.15, -0.1) is 0 Å². The van der Waals surface area contributed by atoms with Gasteiger partial charge in [0.15, 0.2) is 0 Å². The number of aliphatic hydroxyl groups excluding tert-OH is 4. The number of hydrogen-bond acceptors (Lipinski definition) is 8. The molecule has 1 unspecified atom stereocenters. The van der Waals surface area contributed by atoms with Crippen molar-refractivity contribution in [3.05, 3.63) is 47.3 Å². The van der Waals surface area contributed by atoms with Gasteiger partial charge in [0.05, 0.1) is 17.8 Å². The van der Waals surface area contributed by atoms with Crippen LogP contribution in [0.25, 0.3) is 0 Å². The molecule has 2 aromatic heterocycles. The molecule has 6 atom stereocenters. The first-order valence-electron chi connectivity index (χ1n) is 11.7. The lowest BCUT2D eigenvalue weighted by molar-refractivity contribution is -0.153. The highest BCUT2D eigenvalue weighted by atomic mass is 16.6. The zero-order valence-electron chi connectivity index (χ0n) is 19.7. The molecule has 8 nitrogen and oxygen atoms in total. The van der Waals surface area contributed by atoms with Gasteiger partial charge in [-0.2, -0.15) is 0 Å². The molecule has 0 amide bonds. The van der Waals surface area contributed by atoms with Gasteiger partial charge < -0.3 is 39.1 Å². The van der Waals surface area contributed by atoms with Crippen LogP contribution in [0.3, 0.4) is 0 Å². The highest BCUT2D eigenvalue weighted by Crippen LogP contribution is 2.42. The standard InChI is InChI=1S/C25H38O8/c1-16-7-8-18(31-16)11-12-24(2,30)14-19(27)22-20(28)15-25(3,33-22)23(29)21-10-9-17(32-21)6-4-5-13-26/h7-10,19-20,22-23,26-30H,4-6,11-15H2,1-3H3/t19-,20+,22?,23-,24-,25-/m1/s1. The molecule has 1 aliphatic heterocycles. The van der Waals surface area contributed by atoms with Crippen LogP contribution in [0.2, 0.25) is 0 Å². The van der Waals surface area contributed by atoms with E-state index in [9.17, 15) is 20.4 Å². The van der Waals surface area contributed by atoms with Crippen molar-refractivity contribution in [2.24, 2.45) is 0 Å². The molecule has 33 heavy (non-hydrogen) atoms. The van der Waals surface area contributed by atoms with E-state index in [2.05, 4.69) is 0 Å². The Labute approximate surface area is 194 Å². The number of furan rings is 2. The fourth-order valence-electron chi connectivity index (χ4n) is 4.55. The van der Waals surface area contributed by atoms with Crippen LogP contribution in [-0.4, -0.2) is 61.7 Å². The highest BCUT2D eigenvalue weighted by Gasteiger charge is 2.51. The zero-order chi connectivity index (χ0) is 24.2. The van der Waals surface area contributed by atoms with Gasteiger partial charge in [0.2, 0.25) is 0 Å². The molecule has 186 valence electrons. The lowest BCUT2D eigenvalue weighted by atomic mass is 9.88. The predicted molar refractivity (Wildman–Crippen MR) is 121 cm³/mol. The lowest BCUT2D eigenvalue weighted by Gasteiger charge is -2.32. The van der Waals surface area contributed by atoms with Gasteiger partial charge in [0.25, 0.3) is 0 Å². The molecule has 8 heteroatoms. The maximum absolute atomic E-state index is 10.9. The SMILES string of the molecule is Cc1ccc(CC[C@@](C)(O)C[C@@H](O)C2O[C@@](C)([C@H](O)c3ccc(CCCCO)o3)C[C@@H]2O)o1. The summed E-state index contributed by atoms with van der Waals surface area (Å²) >= 11 is 0. The van der Waals surface area contributed by atoms with Crippen LogP contribution in [-0.2, 0) is 17.6 Å². The first kappa shape index (κ1) is 25.9. The Kier molecular flexibility index (Phi) is 8.42. The molecule has 0 aromatic carbocycles. The van der Waals surface area contributed by atoms with Crippen LogP contribution in [0.4, 0.5) is 0 Å². The van der Waals surface area contributed by atoms with Crippen molar-refractivity contribution < 1.29 is 39.1 Å². The summed E-state index contributed by atoms with van der Waals surface area (Å²) in [7, 11) is 0. The van der Waals surface area contributed by atoms with E-state index in [1.165, 1.54) is 0 Å². The molecule has 0 saturated carbocycles. The Bertz CT molecular complexity index is 871. The summed E-state index contributed by atoms with van der Waals surface area (Å²) < 4.78 is 17.3. The van der Waals surface area contributed by atoms with Crippen molar-refractivity contribution in [1.82, 2.24) is 0 Å². The second kappa shape index (κ2) is 10.7. The van der Waals surface area contributed by atoms with E-state index in [0.29, 0.717) is 37.2 Å². The Balaban J connectivity index is 1.57. The Morgan fingerprint density at radius 3 is 2.45 bits per heavy atom. The number of rotatable bonds is 12. The van der Waals surface area contributed by atoms with Crippen LogP contribution < -0.4 is 0 Å². The normalized spacial score (nSPS) is 26.9. The van der Waals surface area contributed by atoms with Gasteiger partial charge in [0.1, 0.15) is 40.8 Å². The molecule has 1 aliphatic rings. The quantitative estimate of drug-likeness (QED) is 0.301. The Morgan fingerprint density at radius 1 is 1.09 bits per heavy atom. The Hall–Kier alpha value is -1.68. The second-order valence-corrected chi connectivity index (χ2v) is 9.83. The van der Waals surface area contributed by atoms with Gasteiger partial charge in [-0.05, 0) is 64.3 Å². The van der Waals surface area contributed by atoms with E-state index >= 15 is 0 Å². The molecule has 1 fully saturated rings. The predicted octanol–water partition coefficient (Wildman–Crippen LogP) is 2.57. The van der Waals surface area contributed by atoms with Crippen molar-refractivity contribution in [3.63, 3.8) is 0 Å². The molecule has 0 spiro atoms. The number of aryl methyl sites for hydroxylation is 3. The molecule has 2 aromatic rings. The van der Waals surface area contributed by atoms with Crippen molar-refractivity contribution in [3.8, 4) is 0 Å². The monoisotopic (exact) mass is 466 g/mol. The summed E-state index contributed by atoms with van der Waals surface area (Å²) in [5.41, 5.74) is -2.34. The minimum atomic E-state index is -1.19. The maximum Gasteiger partial charge on any atom is 0.140 e. The highest BCUT2D eigenvalue weighted by molar-refractivity contribution is 5.15. The topological polar surface area (TPSA) is 137 Å². The number of ether oxygens (including phenoxy) is 1. The van der Waals surface area contributed by atoms with Gasteiger partial charge in [-0.25, -0.2) is 0 Å². The van der Waals surface area contributed by atoms with E-state index in [1.54, 1.807) is 26.0 Å². The fourth-order valence-corrected chi connectivity index (χ4v) is 4.55. The van der Waals surface area contributed by atoms with Crippen molar-refractivity contribution in [1.29, 1.82) is 0 Å². The first-order chi connectivity index (χ1) is 15.5. The third kappa shape index (κ3) is 6.68. The van der Waals surface area contributed by atoms with E-state index in [1.807, 2.05) is 19.1 Å². The average molecular weight is 467 g/mol. The third-order valence-corrected chi connectivity index (χ3v) is 6.49.